The van der Waals surface area contributed by atoms with Gasteiger partial charge < -0.3 is 4.74 Å². The average Bonchev–Trinajstić information content (AvgIpc) is 2.69. The molecule has 116 valence electrons. The zero-order valence-corrected chi connectivity index (χ0v) is 13.8. The van der Waals surface area contributed by atoms with Crippen LogP contribution in [0.1, 0.15) is 45.2 Å². The van der Waals surface area contributed by atoms with Crippen molar-refractivity contribution in [3.05, 3.63) is 45.6 Å². The topological polar surface area (TPSA) is 61.2 Å². The molecule has 5 heteroatoms. The predicted molar refractivity (Wildman–Crippen MR) is 83.3 cm³/mol. The maximum Gasteiger partial charge on any atom is 0.309 e. The Labute approximate surface area is 129 Å². The summed E-state index contributed by atoms with van der Waals surface area (Å²) in [5.41, 5.74) is 4.64. The van der Waals surface area contributed by atoms with Crippen molar-refractivity contribution in [1.82, 2.24) is 9.78 Å². The summed E-state index contributed by atoms with van der Waals surface area (Å²) >= 11 is 0. The highest BCUT2D eigenvalue weighted by atomic mass is 16.5. The molecule has 0 radical (unpaired) electrons. The van der Waals surface area contributed by atoms with Crippen molar-refractivity contribution in [2.75, 3.05) is 0 Å². The second-order valence-corrected chi connectivity index (χ2v) is 5.49. The molecule has 0 aliphatic heterocycles. The monoisotopic (exact) mass is 300 g/mol. The van der Waals surface area contributed by atoms with Crippen molar-refractivity contribution in [3.8, 4) is 5.88 Å². The second-order valence-electron chi connectivity index (χ2n) is 5.49. The van der Waals surface area contributed by atoms with Gasteiger partial charge in [-0.15, -0.1) is 0 Å². The van der Waals surface area contributed by atoms with Crippen molar-refractivity contribution in [3.63, 3.8) is 0 Å². The molecule has 0 N–H and O–H groups in total. The summed E-state index contributed by atoms with van der Waals surface area (Å²) in [5, 5.41) is 4.20. The summed E-state index contributed by atoms with van der Waals surface area (Å²) in [5.74, 6) is -0.469. The fourth-order valence-corrected chi connectivity index (χ4v) is 2.49. The van der Waals surface area contributed by atoms with E-state index in [2.05, 4.69) is 5.10 Å². The SMILES string of the molecule is CC(=O)Oc1c(C(=O)c2ccc(C)c(C)c2C)c(C)nn1C. The minimum atomic E-state index is -0.478. The van der Waals surface area contributed by atoms with Crippen LogP contribution in [-0.2, 0) is 11.8 Å². The Bertz CT molecular complexity index is 773. The molecule has 0 aliphatic carbocycles. The first kappa shape index (κ1) is 15.9. The smallest absolute Gasteiger partial charge is 0.309 e. The minimum absolute atomic E-state index is 0.178. The predicted octanol–water partition coefficient (Wildman–Crippen LogP) is 2.81. The molecule has 0 aliphatic rings. The third-order valence-corrected chi connectivity index (χ3v) is 3.94. The molecule has 0 saturated heterocycles. The van der Waals surface area contributed by atoms with Gasteiger partial charge in [-0.2, -0.15) is 5.10 Å². The van der Waals surface area contributed by atoms with Crippen molar-refractivity contribution in [1.29, 1.82) is 0 Å². The molecular weight excluding hydrogens is 280 g/mol. The van der Waals surface area contributed by atoms with Crippen LogP contribution < -0.4 is 4.74 Å². The summed E-state index contributed by atoms with van der Waals surface area (Å²) in [4.78, 5) is 24.2. The van der Waals surface area contributed by atoms with E-state index >= 15 is 0 Å². The van der Waals surface area contributed by atoms with Gasteiger partial charge in [0, 0.05) is 19.5 Å². The van der Waals surface area contributed by atoms with Crippen LogP contribution in [0.4, 0.5) is 0 Å². The Morgan fingerprint density at radius 2 is 1.73 bits per heavy atom. The molecule has 0 amide bonds. The quantitative estimate of drug-likeness (QED) is 0.646. The average molecular weight is 300 g/mol. The summed E-state index contributed by atoms with van der Waals surface area (Å²) in [6.07, 6.45) is 0. The van der Waals surface area contributed by atoms with E-state index in [-0.39, 0.29) is 11.7 Å². The summed E-state index contributed by atoms with van der Waals surface area (Å²) in [6, 6.07) is 3.73. The molecule has 0 spiro atoms. The first-order valence-electron chi connectivity index (χ1n) is 7.07. The van der Waals surface area contributed by atoms with Crippen LogP contribution in [0.3, 0.4) is 0 Å². The Morgan fingerprint density at radius 1 is 1.09 bits per heavy atom. The Kier molecular flexibility index (Phi) is 4.17. The highest BCUT2D eigenvalue weighted by Crippen LogP contribution is 2.27. The Hall–Kier alpha value is -2.43. The number of carbonyl (C=O) groups excluding carboxylic acids is 2. The summed E-state index contributed by atoms with van der Waals surface area (Å²) < 4.78 is 6.59. The fraction of sp³-hybridized carbons (Fsp3) is 0.353. The number of carbonyl (C=O) groups is 2. The lowest BCUT2D eigenvalue weighted by atomic mass is 9.93. The van der Waals surface area contributed by atoms with Gasteiger partial charge in [-0.25, -0.2) is 4.68 Å². The van der Waals surface area contributed by atoms with Crippen LogP contribution in [0, 0.1) is 27.7 Å². The van der Waals surface area contributed by atoms with E-state index in [0.29, 0.717) is 16.8 Å². The third-order valence-electron chi connectivity index (χ3n) is 3.94. The lowest BCUT2D eigenvalue weighted by Crippen LogP contribution is -2.12. The molecule has 2 aromatic rings. The molecule has 0 bridgehead atoms. The van der Waals surface area contributed by atoms with Crippen molar-refractivity contribution in [2.45, 2.75) is 34.6 Å². The van der Waals surface area contributed by atoms with Crippen molar-refractivity contribution >= 4 is 11.8 Å². The van der Waals surface area contributed by atoms with E-state index in [0.717, 1.165) is 16.7 Å². The molecule has 1 aromatic heterocycles. The second kappa shape index (κ2) is 5.75. The third kappa shape index (κ3) is 2.66. The van der Waals surface area contributed by atoms with Crippen LogP contribution in [0.25, 0.3) is 0 Å². The van der Waals surface area contributed by atoms with Crippen molar-refractivity contribution in [2.24, 2.45) is 7.05 Å². The number of aryl methyl sites for hydroxylation is 3. The molecule has 0 atom stereocenters. The minimum Gasteiger partial charge on any atom is -0.407 e. The first-order valence-corrected chi connectivity index (χ1v) is 7.07. The molecular formula is C17H20N2O3. The summed E-state index contributed by atoms with van der Waals surface area (Å²) in [7, 11) is 1.65. The number of ketones is 1. The number of benzene rings is 1. The summed E-state index contributed by atoms with van der Waals surface area (Å²) in [6.45, 7) is 8.96. The van der Waals surface area contributed by atoms with Crippen LogP contribution in [0.2, 0.25) is 0 Å². The van der Waals surface area contributed by atoms with Crippen LogP contribution in [0.15, 0.2) is 12.1 Å². The number of ether oxygens (including phenoxy) is 1. The number of rotatable bonds is 3. The van der Waals surface area contributed by atoms with E-state index in [4.69, 9.17) is 4.74 Å². The highest BCUT2D eigenvalue weighted by molar-refractivity contribution is 6.12. The number of hydrogen-bond acceptors (Lipinski definition) is 4. The van der Waals surface area contributed by atoms with Crippen molar-refractivity contribution < 1.29 is 14.3 Å². The van der Waals surface area contributed by atoms with Crippen LogP contribution in [0.5, 0.6) is 5.88 Å². The molecule has 1 heterocycles. The maximum absolute atomic E-state index is 12.9. The van der Waals surface area contributed by atoms with Gasteiger partial charge in [-0.1, -0.05) is 12.1 Å². The van der Waals surface area contributed by atoms with Gasteiger partial charge in [-0.3, -0.25) is 9.59 Å². The van der Waals surface area contributed by atoms with Crippen LogP contribution >= 0.6 is 0 Å². The molecule has 1 aromatic carbocycles. The zero-order chi connectivity index (χ0) is 16.6. The molecule has 0 saturated carbocycles. The van der Waals surface area contributed by atoms with Crippen LogP contribution in [-0.4, -0.2) is 21.5 Å². The zero-order valence-electron chi connectivity index (χ0n) is 13.8. The van der Waals surface area contributed by atoms with E-state index in [9.17, 15) is 9.59 Å². The Balaban J connectivity index is 2.60. The Morgan fingerprint density at radius 3 is 2.32 bits per heavy atom. The van der Waals surface area contributed by atoms with Gasteiger partial charge in [0.05, 0.1) is 5.69 Å². The molecule has 5 nitrogen and oxygen atoms in total. The maximum atomic E-state index is 12.9. The van der Waals surface area contributed by atoms with Gasteiger partial charge in [0.15, 0.2) is 0 Å². The molecule has 22 heavy (non-hydrogen) atoms. The van der Waals surface area contributed by atoms with Gasteiger partial charge in [-0.05, 0) is 44.4 Å². The number of esters is 1. The normalized spacial score (nSPS) is 10.6. The van der Waals surface area contributed by atoms with E-state index in [1.165, 1.54) is 11.6 Å². The molecule has 2 rings (SSSR count). The number of nitrogens with zero attached hydrogens (tertiary/aromatic N) is 2. The van der Waals surface area contributed by atoms with E-state index < -0.39 is 5.97 Å². The van der Waals surface area contributed by atoms with Gasteiger partial charge in [0.2, 0.25) is 11.7 Å². The van der Waals surface area contributed by atoms with E-state index in [1.807, 2.05) is 32.9 Å². The standard InChI is InChI=1S/C17H20N2O3/c1-9-7-8-14(11(3)10(9)2)16(21)15-12(4)18-19(6)17(15)22-13(5)20/h7-8H,1-6H3. The molecule has 0 unspecified atom stereocenters. The lowest BCUT2D eigenvalue weighted by Gasteiger charge is -2.11. The highest BCUT2D eigenvalue weighted by Gasteiger charge is 2.25. The van der Waals surface area contributed by atoms with E-state index in [1.54, 1.807) is 14.0 Å². The van der Waals surface area contributed by atoms with Gasteiger partial charge in [0.1, 0.15) is 5.56 Å². The fourth-order valence-electron chi connectivity index (χ4n) is 2.49. The lowest BCUT2D eigenvalue weighted by molar-refractivity contribution is -0.132. The number of hydrogen-bond donors (Lipinski definition) is 0. The number of aromatic nitrogens is 2. The molecule has 0 fully saturated rings. The van der Waals surface area contributed by atoms with Gasteiger partial charge >= 0.3 is 5.97 Å². The largest absolute Gasteiger partial charge is 0.407 e. The van der Waals surface area contributed by atoms with Gasteiger partial charge in [0.25, 0.3) is 0 Å². The first-order chi connectivity index (χ1) is 10.2.